The fourth-order valence-electron chi connectivity index (χ4n) is 3.54. The lowest BCUT2D eigenvalue weighted by Gasteiger charge is -2.19. The molecule has 0 aliphatic carbocycles. The van der Waals surface area contributed by atoms with Crippen molar-refractivity contribution >= 4 is 19.7 Å². The lowest BCUT2D eigenvalue weighted by atomic mass is 10.3. The van der Waals surface area contributed by atoms with E-state index in [0.717, 1.165) is 0 Å². The van der Waals surface area contributed by atoms with E-state index in [1.807, 2.05) is 0 Å². The minimum atomic E-state index is -3.94. The third-order valence-electron chi connectivity index (χ3n) is 5.53. The van der Waals surface area contributed by atoms with Gasteiger partial charge in [0.2, 0.25) is 19.7 Å². The fraction of sp³-hybridized carbons (Fsp3) is 0.0714. The number of benzene rings is 4. The van der Waals surface area contributed by atoms with Crippen LogP contribution in [0, 0.1) is 0 Å². The molecule has 0 bridgehead atoms. The third kappa shape index (κ3) is 5.66. The Morgan fingerprint density at radius 3 is 1.84 bits per heavy atom. The van der Waals surface area contributed by atoms with Crippen LogP contribution in [-0.4, -0.2) is 39.8 Å². The largest absolute Gasteiger partial charge is 0.508 e. The molecule has 38 heavy (non-hydrogen) atoms. The van der Waals surface area contributed by atoms with E-state index >= 15 is 0 Å². The SMILES string of the molecule is C=CC(COc1ccc(S(=O)(=O)c2ccccc2O)cc1)Oc1ccccc1S(=O)(=O)c1ccc(O)cc1. The summed E-state index contributed by atoms with van der Waals surface area (Å²) in [5, 5.41) is 19.4. The van der Waals surface area contributed by atoms with E-state index in [-0.39, 0.29) is 43.4 Å². The van der Waals surface area contributed by atoms with E-state index in [1.54, 1.807) is 12.1 Å². The highest BCUT2D eigenvalue weighted by Crippen LogP contribution is 2.32. The van der Waals surface area contributed by atoms with E-state index in [0.29, 0.717) is 5.75 Å². The lowest BCUT2D eigenvalue weighted by molar-refractivity contribution is 0.161. The van der Waals surface area contributed by atoms with Crippen molar-refractivity contribution < 1.29 is 36.5 Å². The van der Waals surface area contributed by atoms with Gasteiger partial charge in [0.15, 0.2) is 6.10 Å². The summed E-state index contributed by atoms with van der Waals surface area (Å²) in [5.41, 5.74) is 0. The zero-order valence-corrected chi connectivity index (χ0v) is 21.6. The second-order valence-corrected chi connectivity index (χ2v) is 11.9. The van der Waals surface area contributed by atoms with Crippen LogP contribution in [0.2, 0.25) is 0 Å². The van der Waals surface area contributed by atoms with Gasteiger partial charge in [-0.05, 0) is 78.9 Å². The Morgan fingerprint density at radius 1 is 0.711 bits per heavy atom. The Labute approximate surface area is 220 Å². The first-order chi connectivity index (χ1) is 18.1. The molecule has 0 fully saturated rings. The monoisotopic (exact) mass is 552 g/mol. The normalized spacial score (nSPS) is 12.4. The predicted molar refractivity (Wildman–Crippen MR) is 140 cm³/mol. The quantitative estimate of drug-likeness (QED) is 0.269. The van der Waals surface area contributed by atoms with Gasteiger partial charge in [0.1, 0.15) is 39.4 Å². The van der Waals surface area contributed by atoms with Crippen LogP contribution in [0.4, 0.5) is 0 Å². The minimum absolute atomic E-state index is 0.00313. The molecule has 0 saturated carbocycles. The molecule has 196 valence electrons. The molecule has 0 saturated heterocycles. The number of hydrogen-bond acceptors (Lipinski definition) is 8. The van der Waals surface area contributed by atoms with Crippen LogP contribution in [0.15, 0.2) is 129 Å². The number of para-hydroxylation sites is 2. The fourth-order valence-corrected chi connectivity index (χ4v) is 6.28. The summed E-state index contributed by atoms with van der Waals surface area (Å²) in [7, 11) is -7.86. The van der Waals surface area contributed by atoms with Gasteiger partial charge in [0.25, 0.3) is 0 Å². The molecule has 10 heteroatoms. The molecule has 0 radical (unpaired) electrons. The predicted octanol–water partition coefficient (Wildman–Crippen LogP) is 4.78. The van der Waals surface area contributed by atoms with Crippen molar-refractivity contribution in [3.63, 3.8) is 0 Å². The number of rotatable bonds is 10. The van der Waals surface area contributed by atoms with Gasteiger partial charge >= 0.3 is 0 Å². The maximum Gasteiger partial charge on any atom is 0.210 e. The molecule has 0 spiro atoms. The van der Waals surface area contributed by atoms with Crippen LogP contribution in [0.25, 0.3) is 0 Å². The molecule has 4 rings (SSSR count). The Morgan fingerprint density at radius 2 is 1.24 bits per heavy atom. The highest BCUT2D eigenvalue weighted by atomic mass is 32.2. The minimum Gasteiger partial charge on any atom is -0.508 e. The molecule has 1 unspecified atom stereocenters. The van der Waals surface area contributed by atoms with Gasteiger partial charge in [-0.2, -0.15) is 0 Å². The summed E-state index contributed by atoms with van der Waals surface area (Å²) in [6.45, 7) is 3.69. The highest BCUT2D eigenvalue weighted by molar-refractivity contribution is 7.92. The summed E-state index contributed by atoms with van der Waals surface area (Å²) >= 11 is 0. The third-order valence-corrected chi connectivity index (χ3v) is 9.16. The maximum atomic E-state index is 13.2. The Bertz CT molecular complexity index is 1640. The second-order valence-electron chi connectivity index (χ2n) is 8.09. The molecule has 4 aromatic carbocycles. The first-order valence-corrected chi connectivity index (χ1v) is 14.3. The van der Waals surface area contributed by atoms with Crippen molar-refractivity contribution in [1.82, 2.24) is 0 Å². The van der Waals surface area contributed by atoms with Crippen molar-refractivity contribution in [3.05, 3.63) is 110 Å². The smallest absolute Gasteiger partial charge is 0.210 e. The van der Waals surface area contributed by atoms with Crippen molar-refractivity contribution in [2.75, 3.05) is 6.61 Å². The molecule has 0 aliphatic heterocycles. The van der Waals surface area contributed by atoms with Gasteiger partial charge in [-0.3, -0.25) is 0 Å². The molecule has 0 aliphatic rings. The van der Waals surface area contributed by atoms with Gasteiger partial charge in [-0.15, -0.1) is 0 Å². The van der Waals surface area contributed by atoms with Crippen LogP contribution in [0.3, 0.4) is 0 Å². The summed E-state index contributed by atoms with van der Waals surface area (Å²) in [5.74, 6) is 0.0487. The molecule has 1 atom stereocenters. The Hall–Kier alpha value is -4.28. The van der Waals surface area contributed by atoms with Crippen LogP contribution < -0.4 is 9.47 Å². The summed E-state index contributed by atoms with van der Waals surface area (Å²) in [6, 6.07) is 22.7. The molecular weight excluding hydrogens is 528 g/mol. The number of phenols is 2. The summed E-state index contributed by atoms with van der Waals surface area (Å²) < 4.78 is 63.6. The molecular formula is C28H24O8S2. The van der Waals surface area contributed by atoms with E-state index in [9.17, 15) is 27.0 Å². The van der Waals surface area contributed by atoms with Crippen LogP contribution in [0.5, 0.6) is 23.0 Å². The van der Waals surface area contributed by atoms with Crippen molar-refractivity contribution in [1.29, 1.82) is 0 Å². The zero-order valence-electron chi connectivity index (χ0n) is 20.0. The number of aromatic hydroxyl groups is 2. The van der Waals surface area contributed by atoms with Crippen molar-refractivity contribution in [2.24, 2.45) is 0 Å². The average Bonchev–Trinajstić information content (AvgIpc) is 2.92. The van der Waals surface area contributed by atoms with Gasteiger partial charge in [0, 0.05) is 0 Å². The van der Waals surface area contributed by atoms with Crippen LogP contribution >= 0.6 is 0 Å². The van der Waals surface area contributed by atoms with Gasteiger partial charge in [0.05, 0.1) is 9.79 Å². The van der Waals surface area contributed by atoms with Crippen LogP contribution in [-0.2, 0) is 19.7 Å². The molecule has 0 heterocycles. The number of hydrogen-bond donors (Lipinski definition) is 2. The van der Waals surface area contributed by atoms with Gasteiger partial charge in [-0.1, -0.05) is 30.8 Å². The zero-order chi connectivity index (χ0) is 27.3. The number of ether oxygens (including phenoxy) is 2. The summed E-state index contributed by atoms with van der Waals surface area (Å²) in [6.07, 6.45) is 0.719. The van der Waals surface area contributed by atoms with E-state index in [1.165, 1.54) is 91.0 Å². The topological polar surface area (TPSA) is 127 Å². The molecule has 2 N–H and O–H groups in total. The molecule has 0 amide bonds. The van der Waals surface area contributed by atoms with Gasteiger partial charge < -0.3 is 19.7 Å². The molecule has 8 nitrogen and oxygen atoms in total. The van der Waals surface area contributed by atoms with E-state index in [4.69, 9.17) is 9.47 Å². The maximum absolute atomic E-state index is 13.2. The first kappa shape index (κ1) is 26.8. The van der Waals surface area contributed by atoms with E-state index in [2.05, 4.69) is 6.58 Å². The Kier molecular flexibility index (Phi) is 7.75. The average molecular weight is 553 g/mol. The number of phenolic OH excluding ortho intramolecular Hbond substituents is 2. The van der Waals surface area contributed by atoms with Crippen molar-refractivity contribution in [2.45, 2.75) is 25.7 Å². The van der Waals surface area contributed by atoms with Crippen LogP contribution in [0.1, 0.15) is 0 Å². The Balaban J connectivity index is 1.48. The second kappa shape index (κ2) is 11.0. The first-order valence-electron chi connectivity index (χ1n) is 11.3. The van der Waals surface area contributed by atoms with Crippen molar-refractivity contribution in [3.8, 4) is 23.0 Å². The summed E-state index contributed by atoms with van der Waals surface area (Å²) in [4.78, 5) is -0.279. The standard InChI is InChI=1S/C28H24O8S2/c1-2-21(36-26-8-4-6-10-28(26)38(33,34)23-15-11-20(29)12-16-23)19-35-22-13-17-24(18-14-22)37(31,32)27-9-5-3-7-25(27)30/h2-18,21,29-30H,1,19H2. The number of sulfone groups is 2. The highest BCUT2D eigenvalue weighted by Gasteiger charge is 2.24. The van der Waals surface area contributed by atoms with Gasteiger partial charge in [-0.25, -0.2) is 16.8 Å². The van der Waals surface area contributed by atoms with E-state index < -0.39 is 25.8 Å². The molecule has 0 aromatic heterocycles. The lowest BCUT2D eigenvalue weighted by Crippen LogP contribution is -2.23. The molecule has 4 aromatic rings.